The number of fused-ring (bicyclic) bond motifs is 4. The van der Waals surface area contributed by atoms with Crippen LogP contribution in [-0.4, -0.2) is 40.9 Å². The number of anilines is 1. The highest BCUT2D eigenvalue weighted by Crippen LogP contribution is 2.27. The Bertz CT molecular complexity index is 1210. The third-order valence-electron chi connectivity index (χ3n) is 4.92. The van der Waals surface area contributed by atoms with Crippen molar-refractivity contribution >= 4 is 33.1 Å². The van der Waals surface area contributed by atoms with E-state index in [4.69, 9.17) is 14.8 Å². The van der Waals surface area contributed by atoms with Crippen LogP contribution in [0.3, 0.4) is 0 Å². The summed E-state index contributed by atoms with van der Waals surface area (Å²) in [5, 5.41) is 7.26. The van der Waals surface area contributed by atoms with Crippen LogP contribution in [0.1, 0.15) is 5.56 Å². The molecule has 130 valence electrons. The summed E-state index contributed by atoms with van der Waals surface area (Å²) in [7, 11) is 0. The molecule has 2 aromatic heterocycles. The Morgan fingerprint density at radius 3 is 2.58 bits per heavy atom. The zero-order chi connectivity index (χ0) is 17.7. The minimum absolute atomic E-state index is 0.131. The summed E-state index contributed by atoms with van der Waals surface area (Å²) in [6.07, 6.45) is 0. The molecule has 1 fully saturated rings. The van der Waals surface area contributed by atoms with Gasteiger partial charge < -0.3 is 9.64 Å². The lowest BCUT2D eigenvalue weighted by Gasteiger charge is -2.28. The number of ether oxygens (including phenoxy) is 1. The molecule has 6 heteroatoms. The van der Waals surface area contributed by atoms with Crippen molar-refractivity contribution in [3.05, 3.63) is 58.4 Å². The lowest BCUT2D eigenvalue weighted by atomic mass is 10.1. The fourth-order valence-corrected chi connectivity index (χ4v) is 3.59. The largest absolute Gasteiger partial charge is 0.378 e. The highest BCUT2D eigenvalue weighted by atomic mass is 16.5. The van der Waals surface area contributed by atoms with E-state index in [1.165, 1.54) is 4.52 Å². The summed E-state index contributed by atoms with van der Waals surface area (Å²) in [6.45, 7) is 4.83. The molecule has 0 unspecified atom stereocenters. The summed E-state index contributed by atoms with van der Waals surface area (Å²) >= 11 is 0. The van der Waals surface area contributed by atoms with Crippen LogP contribution in [-0.2, 0) is 4.74 Å². The highest BCUT2D eigenvalue weighted by Gasteiger charge is 2.19. The van der Waals surface area contributed by atoms with Crippen LogP contribution in [0.5, 0.6) is 0 Å². The molecule has 3 heterocycles. The van der Waals surface area contributed by atoms with E-state index in [1.807, 2.05) is 49.4 Å². The van der Waals surface area contributed by atoms with Gasteiger partial charge in [0.2, 0.25) is 0 Å². The van der Waals surface area contributed by atoms with Gasteiger partial charge in [0.1, 0.15) is 0 Å². The molecule has 1 aliphatic rings. The van der Waals surface area contributed by atoms with E-state index in [9.17, 15) is 4.79 Å². The summed E-state index contributed by atoms with van der Waals surface area (Å²) in [4.78, 5) is 20.1. The Hall–Kier alpha value is -2.99. The number of aryl methyl sites for hydroxylation is 1. The third-order valence-corrected chi connectivity index (χ3v) is 4.92. The van der Waals surface area contributed by atoms with E-state index in [1.54, 1.807) is 0 Å². The molecule has 0 spiro atoms. The van der Waals surface area contributed by atoms with Crippen molar-refractivity contribution in [2.24, 2.45) is 0 Å². The zero-order valence-electron chi connectivity index (χ0n) is 14.5. The lowest BCUT2D eigenvalue weighted by molar-refractivity contribution is 0.122. The maximum Gasteiger partial charge on any atom is 0.282 e. The molecule has 4 aromatic rings. The molecule has 0 radical (unpaired) electrons. The van der Waals surface area contributed by atoms with Gasteiger partial charge in [-0.25, -0.2) is 4.98 Å². The Kier molecular flexibility index (Phi) is 3.39. The SMILES string of the molecule is Cc1ccc2nc3c4ccccc4c(N4CCOCC4)nn3c(=O)c2c1. The van der Waals surface area contributed by atoms with E-state index in [0.717, 1.165) is 35.2 Å². The van der Waals surface area contributed by atoms with Crippen LogP contribution in [0, 0.1) is 6.92 Å². The fourth-order valence-electron chi connectivity index (χ4n) is 3.59. The maximum absolute atomic E-state index is 13.1. The molecular formula is C20H18N4O2. The predicted molar refractivity (Wildman–Crippen MR) is 102 cm³/mol. The van der Waals surface area contributed by atoms with Crippen molar-refractivity contribution < 1.29 is 4.74 Å². The van der Waals surface area contributed by atoms with Crippen LogP contribution in [0.2, 0.25) is 0 Å². The van der Waals surface area contributed by atoms with Gasteiger partial charge in [-0.1, -0.05) is 35.9 Å². The lowest BCUT2D eigenvalue weighted by Crippen LogP contribution is -2.37. The number of benzene rings is 2. The Morgan fingerprint density at radius 2 is 1.77 bits per heavy atom. The van der Waals surface area contributed by atoms with Crippen molar-refractivity contribution in [2.75, 3.05) is 31.2 Å². The molecule has 5 rings (SSSR count). The van der Waals surface area contributed by atoms with Crippen LogP contribution in [0.15, 0.2) is 47.3 Å². The van der Waals surface area contributed by atoms with Crippen molar-refractivity contribution in [2.45, 2.75) is 6.92 Å². The second kappa shape index (κ2) is 5.78. The average molecular weight is 346 g/mol. The first kappa shape index (κ1) is 15.3. The van der Waals surface area contributed by atoms with E-state index in [2.05, 4.69) is 4.90 Å². The Balaban J connectivity index is 1.92. The third kappa shape index (κ3) is 2.26. The normalized spacial score (nSPS) is 15.2. The molecule has 1 aliphatic heterocycles. The molecule has 0 N–H and O–H groups in total. The van der Waals surface area contributed by atoms with Gasteiger partial charge in [-0.3, -0.25) is 4.79 Å². The molecule has 0 aliphatic carbocycles. The van der Waals surface area contributed by atoms with Gasteiger partial charge in [-0.2, -0.15) is 4.52 Å². The number of morpholine rings is 1. The quantitative estimate of drug-likeness (QED) is 0.392. The summed E-state index contributed by atoms with van der Waals surface area (Å²) in [5.74, 6) is 0.812. The van der Waals surface area contributed by atoms with Gasteiger partial charge in [0.25, 0.3) is 5.56 Å². The van der Waals surface area contributed by atoms with E-state index in [0.29, 0.717) is 29.8 Å². The monoisotopic (exact) mass is 346 g/mol. The van der Waals surface area contributed by atoms with Gasteiger partial charge >= 0.3 is 0 Å². The topological polar surface area (TPSA) is 59.7 Å². The van der Waals surface area contributed by atoms with Crippen LogP contribution >= 0.6 is 0 Å². The molecule has 26 heavy (non-hydrogen) atoms. The standard InChI is InChI=1S/C20H18N4O2/c1-13-6-7-17-16(12-13)20(25)24-18(21-17)14-4-2-3-5-15(14)19(22-24)23-8-10-26-11-9-23/h2-7,12H,8-11H2,1H3. The van der Waals surface area contributed by atoms with Crippen LogP contribution in [0.25, 0.3) is 27.3 Å². The summed E-state index contributed by atoms with van der Waals surface area (Å²) in [5.41, 5.74) is 2.20. The summed E-state index contributed by atoms with van der Waals surface area (Å²) in [6, 6.07) is 13.8. The van der Waals surface area contributed by atoms with Crippen molar-refractivity contribution in [1.29, 1.82) is 0 Å². The van der Waals surface area contributed by atoms with Crippen molar-refractivity contribution in [3.63, 3.8) is 0 Å². The number of hydrogen-bond donors (Lipinski definition) is 0. The molecule has 0 amide bonds. The number of aromatic nitrogens is 3. The highest BCUT2D eigenvalue weighted by molar-refractivity contribution is 6.01. The van der Waals surface area contributed by atoms with Gasteiger partial charge in [-0.15, -0.1) is 5.10 Å². The Morgan fingerprint density at radius 1 is 1.00 bits per heavy atom. The minimum atomic E-state index is -0.131. The number of rotatable bonds is 1. The summed E-state index contributed by atoms with van der Waals surface area (Å²) < 4.78 is 6.92. The maximum atomic E-state index is 13.1. The number of hydrogen-bond acceptors (Lipinski definition) is 5. The second-order valence-corrected chi connectivity index (χ2v) is 6.64. The van der Waals surface area contributed by atoms with Crippen molar-refractivity contribution in [3.8, 4) is 0 Å². The molecule has 2 aromatic carbocycles. The van der Waals surface area contributed by atoms with Gasteiger partial charge in [0, 0.05) is 23.9 Å². The van der Waals surface area contributed by atoms with Crippen LogP contribution in [0.4, 0.5) is 5.82 Å². The molecule has 0 atom stereocenters. The van der Waals surface area contributed by atoms with E-state index >= 15 is 0 Å². The van der Waals surface area contributed by atoms with Crippen molar-refractivity contribution in [1.82, 2.24) is 14.6 Å². The first-order chi connectivity index (χ1) is 12.7. The predicted octanol–water partition coefficient (Wildman–Crippen LogP) is 2.54. The molecule has 1 saturated heterocycles. The number of nitrogens with zero attached hydrogens (tertiary/aromatic N) is 4. The molecule has 0 bridgehead atoms. The smallest absolute Gasteiger partial charge is 0.282 e. The molecule has 0 saturated carbocycles. The molecule has 6 nitrogen and oxygen atoms in total. The first-order valence-electron chi connectivity index (χ1n) is 8.77. The zero-order valence-corrected chi connectivity index (χ0v) is 14.5. The van der Waals surface area contributed by atoms with Gasteiger partial charge in [0.05, 0.1) is 24.1 Å². The van der Waals surface area contributed by atoms with Crippen LogP contribution < -0.4 is 10.5 Å². The first-order valence-corrected chi connectivity index (χ1v) is 8.77. The van der Waals surface area contributed by atoms with Gasteiger partial charge in [-0.05, 0) is 19.1 Å². The fraction of sp³-hybridized carbons (Fsp3) is 0.250. The van der Waals surface area contributed by atoms with Gasteiger partial charge in [0.15, 0.2) is 11.5 Å². The Labute approximate surface area is 149 Å². The van der Waals surface area contributed by atoms with E-state index in [-0.39, 0.29) is 5.56 Å². The van der Waals surface area contributed by atoms with E-state index < -0.39 is 0 Å². The average Bonchev–Trinajstić information content (AvgIpc) is 2.69. The minimum Gasteiger partial charge on any atom is -0.378 e. The second-order valence-electron chi connectivity index (χ2n) is 6.64. The molecular weight excluding hydrogens is 328 g/mol.